The monoisotopic (exact) mass is 220 g/mol. The van der Waals surface area contributed by atoms with Crippen molar-refractivity contribution in [3.05, 3.63) is 47.5 Å². The third-order valence-electron chi connectivity index (χ3n) is 2.12. The first-order valence-corrected chi connectivity index (χ1v) is 4.64. The van der Waals surface area contributed by atoms with Crippen molar-refractivity contribution in [1.29, 1.82) is 0 Å². The Morgan fingerprint density at radius 3 is 2.56 bits per heavy atom. The van der Waals surface area contributed by atoms with Crippen molar-refractivity contribution in [2.75, 3.05) is 0 Å². The molecule has 0 unspecified atom stereocenters. The molecule has 0 atom stereocenters. The van der Waals surface area contributed by atoms with Gasteiger partial charge in [-0.05, 0) is 37.3 Å². The molecule has 0 bridgehead atoms. The minimum absolute atomic E-state index is 0.0594. The van der Waals surface area contributed by atoms with E-state index >= 15 is 0 Å². The highest BCUT2D eigenvalue weighted by atomic mass is 19.1. The predicted octanol–water partition coefficient (Wildman–Crippen LogP) is 2.02. The molecule has 1 N–H and O–H groups in total. The number of carboxylic acid groups (broad SMARTS) is 1. The first-order chi connectivity index (χ1) is 7.58. The fraction of sp³-hybridized carbons (Fsp3) is 0.0909. The van der Waals surface area contributed by atoms with Gasteiger partial charge in [0.1, 0.15) is 5.82 Å². The van der Waals surface area contributed by atoms with Gasteiger partial charge in [0.15, 0.2) is 5.69 Å². The lowest BCUT2D eigenvalue weighted by atomic mass is 10.3. The van der Waals surface area contributed by atoms with Crippen LogP contribution in [0.15, 0.2) is 30.3 Å². The van der Waals surface area contributed by atoms with E-state index in [-0.39, 0.29) is 11.5 Å². The molecule has 0 aliphatic heterocycles. The van der Waals surface area contributed by atoms with Gasteiger partial charge in [0.25, 0.3) is 0 Å². The fourth-order valence-electron chi connectivity index (χ4n) is 1.43. The number of aryl methyl sites for hydroxylation is 1. The van der Waals surface area contributed by atoms with Crippen molar-refractivity contribution < 1.29 is 14.3 Å². The van der Waals surface area contributed by atoms with Gasteiger partial charge in [0, 0.05) is 0 Å². The molecule has 4 nitrogen and oxygen atoms in total. The average Bonchev–Trinajstić information content (AvgIpc) is 2.61. The Balaban J connectivity index is 2.55. The maximum absolute atomic E-state index is 12.7. The van der Waals surface area contributed by atoms with Crippen LogP contribution in [0.3, 0.4) is 0 Å². The van der Waals surface area contributed by atoms with Gasteiger partial charge < -0.3 is 5.11 Å². The van der Waals surface area contributed by atoms with E-state index in [9.17, 15) is 9.18 Å². The van der Waals surface area contributed by atoms with Crippen LogP contribution in [0.5, 0.6) is 0 Å². The minimum Gasteiger partial charge on any atom is -0.477 e. The quantitative estimate of drug-likeness (QED) is 0.842. The molecule has 0 aliphatic rings. The van der Waals surface area contributed by atoms with Gasteiger partial charge >= 0.3 is 5.97 Å². The molecule has 5 heteroatoms. The Morgan fingerprint density at radius 1 is 1.38 bits per heavy atom. The lowest BCUT2D eigenvalue weighted by Gasteiger charge is -2.03. The largest absolute Gasteiger partial charge is 0.477 e. The summed E-state index contributed by atoms with van der Waals surface area (Å²) in [6.07, 6.45) is 0. The van der Waals surface area contributed by atoms with Crippen LogP contribution in [-0.4, -0.2) is 20.9 Å². The van der Waals surface area contributed by atoms with E-state index in [1.807, 2.05) is 0 Å². The van der Waals surface area contributed by atoms with E-state index in [0.717, 1.165) is 0 Å². The molecular formula is C11H9FN2O2. The van der Waals surface area contributed by atoms with Gasteiger partial charge in [0.2, 0.25) is 0 Å². The van der Waals surface area contributed by atoms with E-state index in [1.165, 1.54) is 35.0 Å². The van der Waals surface area contributed by atoms with Gasteiger partial charge in [-0.3, -0.25) is 0 Å². The summed E-state index contributed by atoms with van der Waals surface area (Å²) in [5.74, 6) is -1.44. The lowest BCUT2D eigenvalue weighted by molar-refractivity contribution is 0.0687. The van der Waals surface area contributed by atoms with Crippen LogP contribution < -0.4 is 0 Å². The Morgan fingerprint density at radius 2 is 2.00 bits per heavy atom. The second-order valence-corrected chi connectivity index (χ2v) is 3.36. The number of benzene rings is 1. The fourth-order valence-corrected chi connectivity index (χ4v) is 1.43. The molecule has 16 heavy (non-hydrogen) atoms. The Labute approximate surface area is 90.9 Å². The van der Waals surface area contributed by atoms with Crippen molar-refractivity contribution in [1.82, 2.24) is 9.78 Å². The number of carboxylic acids is 1. The number of carbonyl (C=O) groups is 1. The van der Waals surface area contributed by atoms with Crippen LogP contribution in [0.2, 0.25) is 0 Å². The summed E-state index contributed by atoms with van der Waals surface area (Å²) in [6.45, 7) is 1.70. The van der Waals surface area contributed by atoms with Crippen molar-refractivity contribution in [3.8, 4) is 5.69 Å². The normalized spacial score (nSPS) is 10.4. The third-order valence-corrected chi connectivity index (χ3v) is 2.12. The summed E-state index contributed by atoms with van der Waals surface area (Å²) in [5.41, 5.74) is 1.18. The second kappa shape index (κ2) is 3.77. The molecule has 2 aromatic rings. The highest BCUT2D eigenvalue weighted by Gasteiger charge is 2.13. The standard InChI is InChI=1S/C11H9FN2O2/c1-7-6-10(11(15)16)14(13-7)9-4-2-8(12)3-5-9/h2-6H,1H3,(H,15,16). The van der Waals surface area contributed by atoms with E-state index in [0.29, 0.717) is 11.4 Å². The molecule has 82 valence electrons. The summed E-state index contributed by atoms with van der Waals surface area (Å²) < 4.78 is 14.0. The van der Waals surface area contributed by atoms with Crippen molar-refractivity contribution in [2.45, 2.75) is 6.92 Å². The summed E-state index contributed by atoms with van der Waals surface area (Å²) in [6, 6.07) is 6.95. The predicted molar refractivity (Wildman–Crippen MR) is 55.2 cm³/mol. The zero-order valence-electron chi connectivity index (χ0n) is 8.51. The van der Waals surface area contributed by atoms with Gasteiger partial charge in [-0.2, -0.15) is 5.10 Å². The van der Waals surface area contributed by atoms with Crippen LogP contribution in [0.25, 0.3) is 5.69 Å². The number of nitrogens with zero attached hydrogens (tertiary/aromatic N) is 2. The van der Waals surface area contributed by atoms with Crippen LogP contribution in [0.1, 0.15) is 16.2 Å². The van der Waals surface area contributed by atoms with Crippen molar-refractivity contribution >= 4 is 5.97 Å². The topological polar surface area (TPSA) is 55.1 Å². The molecule has 2 rings (SSSR count). The molecule has 0 saturated carbocycles. The molecule has 0 spiro atoms. The second-order valence-electron chi connectivity index (χ2n) is 3.36. The Hall–Kier alpha value is -2.17. The first-order valence-electron chi connectivity index (χ1n) is 4.64. The van der Waals surface area contributed by atoms with Crippen LogP contribution in [-0.2, 0) is 0 Å². The van der Waals surface area contributed by atoms with E-state index in [4.69, 9.17) is 5.11 Å². The van der Waals surface area contributed by atoms with Crippen LogP contribution in [0.4, 0.5) is 4.39 Å². The van der Waals surface area contributed by atoms with Crippen LogP contribution >= 0.6 is 0 Å². The van der Waals surface area contributed by atoms with E-state index in [1.54, 1.807) is 6.92 Å². The van der Waals surface area contributed by atoms with Gasteiger partial charge in [0.05, 0.1) is 11.4 Å². The molecule has 0 aliphatic carbocycles. The SMILES string of the molecule is Cc1cc(C(=O)O)n(-c2ccc(F)cc2)n1. The minimum atomic E-state index is -1.06. The number of hydrogen-bond acceptors (Lipinski definition) is 2. The van der Waals surface area contributed by atoms with Gasteiger partial charge in [-0.1, -0.05) is 0 Å². The van der Waals surface area contributed by atoms with Gasteiger partial charge in [-0.15, -0.1) is 0 Å². The van der Waals surface area contributed by atoms with E-state index < -0.39 is 5.97 Å². The maximum Gasteiger partial charge on any atom is 0.354 e. The Kier molecular flexibility index (Phi) is 2.44. The van der Waals surface area contributed by atoms with Gasteiger partial charge in [-0.25, -0.2) is 13.9 Å². The number of halogens is 1. The first kappa shape index (κ1) is 10.4. The molecule has 1 aromatic heterocycles. The summed E-state index contributed by atoms with van der Waals surface area (Å²) >= 11 is 0. The summed E-state index contributed by atoms with van der Waals surface area (Å²) in [7, 11) is 0. The highest BCUT2D eigenvalue weighted by Crippen LogP contribution is 2.13. The molecule has 0 saturated heterocycles. The average molecular weight is 220 g/mol. The molecular weight excluding hydrogens is 211 g/mol. The smallest absolute Gasteiger partial charge is 0.354 e. The summed E-state index contributed by atoms with van der Waals surface area (Å²) in [5, 5.41) is 13.0. The molecule has 1 aromatic carbocycles. The highest BCUT2D eigenvalue weighted by molar-refractivity contribution is 5.86. The zero-order chi connectivity index (χ0) is 11.7. The Bertz CT molecular complexity index is 531. The number of hydrogen-bond donors (Lipinski definition) is 1. The number of aromatic nitrogens is 2. The molecule has 0 fully saturated rings. The maximum atomic E-state index is 12.7. The number of aromatic carboxylic acids is 1. The zero-order valence-corrected chi connectivity index (χ0v) is 8.51. The van der Waals surface area contributed by atoms with Crippen LogP contribution in [0, 0.1) is 12.7 Å². The number of rotatable bonds is 2. The molecule has 1 heterocycles. The third kappa shape index (κ3) is 1.79. The lowest BCUT2D eigenvalue weighted by Crippen LogP contribution is -2.07. The van der Waals surface area contributed by atoms with Crippen molar-refractivity contribution in [2.24, 2.45) is 0 Å². The summed E-state index contributed by atoms with van der Waals surface area (Å²) in [4.78, 5) is 10.9. The van der Waals surface area contributed by atoms with Crippen molar-refractivity contribution in [3.63, 3.8) is 0 Å². The molecule has 0 amide bonds. The molecule has 0 radical (unpaired) electrons. The van der Waals surface area contributed by atoms with E-state index in [2.05, 4.69) is 5.10 Å².